The van der Waals surface area contributed by atoms with Crippen LogP contribution < -0.4 is 5.82 Å². The molecule has 1 aromatic heterocycles. The maximum absolute atomic E-state index is 12.0. The third-order valence-corrected chi connectivity index (χ3v) is 4.23. The van der Waals surface area contributed by atoms with Gasteiger partial charge in [0.15, 0.2) is 18.1 Å². The van der Waals surface area contributed by atoms with Crippen molar-refractivity contribution in [2.75, 3.05) is 5.75 Å². The minimum atomic E-state index is -0.834. The van der Waals surface area contributed by atoms with Gasteiger partial charge in [0, 0.05) is 5.75 Å². The van der Waals surface area contributed by atoms with Gasteiger partial charge in [0.25, 0.3) is 0 Å². The second kappa shape index (κ2) is 4.86. The quantitative estimate of drug-likeness (QED) is 0.601. The molecule has 2 aliphatic heterocycles. The molecule has 1 amide bonds. The molecule has 1 atom stereocenters. The van der Waals surface area contributed by atoms with Crippen molar-refractivity contribution in [3.05, 3.63) is 33.9 Å². The summed E-state index contributed by atoms with van der Waals surface area (Å²) in [4.78, 5) is 35.8. The first-order chi connectivity index (χ1) is 9.56. The lowest BCUT2D eigenvalue weighted by Crippen LogP contribution is -2.53. The van der Waals surface area contributed by atoms with Gasteiger partial charge in [-0.1, -0.05) is 0 Å². The number of β-lactam (4-membered cyclic amide) rings is 1. The molecular formula is C12H11NO6S. The third-order valence-electron chi connectivity index (χ3n) is 3.11. The number of amides is 1. The number of carbonyl (C=O) groups is 2. The van der Waals surface area contributed by atoms with Crippen LogP contribution in [0.2, 0.25) is 0 Å². The summed E-state index contributed by atoms with van der Waals surface area (Å²) in [6.45, 7) is 1.34. The first-order valence-electron chi connectivity index (χ1n) is 5.96. The van der Waals surface area contributed by atoms with Crippen LogP contribution in [0.1, 0.15) is 17.9 Å². The molecule has 1 unspecified atom stereocenters. The number of carbonyl (C=O) groups excluding carboxylic acids is 2. The fraction of sp³-hybridized carbons (Fsp3) is 0.417. The van der Waals surface area contributed by atoms with Crippen LogP contribution in [0.3, 0.4) is 0 Å². The topological polar surface area (TPSA) is 90.0 Å². The number of esters is 1. The number of hydrogen-bond acceptors (Lipinski definition) is 7. The normalized spacial score (nSPS) is 21.1. The fourth-order valence-electron chi connectivity index (χ4n) is 2.04. The van der Waals surface area contributed by atoms with Gasteiger partial charge in [-0.05, 0) is 13.0 Å². The Balaban J connectivity index is 1.67. The van der Waals surface area contributed by atoms with E-state index in [-0.39, 0.29) is 35.1 Å². The van der Waals surface area contributed by atoms with Gasteiger partial charge in [-0.25, -0.2) is 9.59 Å². The van der Waals surface area contributed by atoms with E-state index in [1.165, 1.54) is 4.90 Å². The van der Waals surface area contributed by atoms with Gasteiger partial charge < -0.3 is 13.6 Å². The number of ether oxygens (including phenoxy) is 1. The summed E-state index contributed by atoms with van der Waals surface area (Å²) in [6, 6.07) is 0. The van der Waals surface area contributed by atoms with Crippen LogP contribution in [-0.4, -0.2) is 27.9 Å². The number of nitrogens with zero attached hydrogens (tertiary/aromatic N) is 1. The predicted octanol–water partition coefficient (Wildman–Crippen LogP) is 0.774. The third kappa shape index (κ3) is 2.15. The molecule has 20 heavy (non-hydrogen) atoms. The van der Waals surface area contributed by atoms with E-state index in [1.54, 1.807) is 24.8 Å². The Kier molecular flexibility index (Phi) is 3.17. The van der Waals surface area contributed by atoms with Gasteiger partial charge in [-0.15, -0.1) is 11.8 Å². The first-order valence-corrected chi connectivity index (χ1v) is 7.01. The Morgan fingerprint density at radius 3 is 2.95 bits per heavy atom. The van der Waals surface area contributed by atoms with Crippen LogP contribution in [0.25, 0.3) is 0 Å². The van der Waals surface area contributed by atoms with Crippen LogP contribution in [0, 0.1) is 6.92 Å². The molecule has 0 aromatic carbocycles. The summed E-state index contributed by atoms with van der Waals surface area (Å²) < 4.78 is 14.5. The summed E-state index contributed by atoms with van der Waals surface area (Å²) in [6.07, 6.45) is 2.12. The zero-order chi connectivity index (χ0) is 14.3. The highest BCUT2D eigenvalue weighted by Crippen LogP contribution is 2.37. The van der Waals surface area contributed by atoms with Crippen molar-refractivity contribution >= 4 is 23.6 Å². The summed E-state index contributed by atoms with van der Waals surface area (Å²) in [7, 11) is 0. The van der Waals surface area contributed by atoms with E-state index >= 15 is 0 Å². The Hall–Kier alpha value is -1.96. The van der Waals surface area contributed by atoms with E-state index in [9.17, 15) is 14.4 Å². The van der Waals surface area contributed by atoms with E-state index < -0.39 is 11.8 Å². The molecule has 0 radical (unpaired) electrons. The Morgan fingerprint density at radius 2 is 2.30 bits per heavy atom. The molecule has 0 saturated carbocycles. The van der Waals surface area contributed by atoms with Crippen molar-refractivity contribution in [3.63, 3.8) is 0 Å². The number of rotatable bonds is 3. The molecule has 1 aromatic rings. The lowest BCUT2D eigenvalue weighted by molar-refractivity contribution is -0.150. The molecule has 0 spiro atoms. The molecule has 106 valence electrons. The number of aryl methyl sites for hydroxylation is 1. The standard InChI is InChI=1S/C12H11NO6S/c1-6-8(19-12(16)18-6)5-17-11(15)7-2-3-20-10-4-9(14)13(7)10/h2,10H,3-5H2,1H3. The molecule has 1 fully saturated rings. The van der Waals surface area contributed by atoms with Crippen LogP contribution >= 0.6 is 11.8 Å². The van der Waals surface area contributed by atoms with Crippen molar-refractivity contribution in [2.45, 2.75) is 25.3 Å². The number of thioether (sulfide) groups is 1. The van der Waals surface area contributed by atoms with Crippen LogP contribution in [0.5, 0.6) is 0 Å². The molecule has 0 N–H and O–H groups in total. The van der Waals surface area contributed by atoms with Gasteiger partial charge in [-0.3, -0.25) is 9.69 Å². The molecule has 0 aliphatic carbocycles. The highest BCUT2D eigenvalue weighted by Gasteiger charge is 2.43. The van der Waals surface area contributed by atoms with Gasteiger partial charge >= 0.3 is 11.8 Å². The first kappa shape index (κ1) is 13.0. The van der Waals surface area contributed by atoms with E-state index in [2.05, 4.69) is 4.42 Å². The van der Waals surface area contributed by atoms with E-state index in [1.807, 2.05) is 0 Å². The average Bonchev–Trinajstić information content (AvgIpc) is 2.72. The summed E-state index contributed by atoms with van der Waals surface area (Å²) in [5.41, 5.74) is 0.258. The van der Waals surface area contributed by atoms with Crippen molar-refractivity contribution < 1.29 is 23.2 Å². The van der Waals surface area contributed by atoms with Gasteiger partial charge in [0.2, 0.25) is 5.91 Å². The van der Waals surface area contributed by atoms with Crippen LogP contribution in [-0.2, 0) is 20.9 Å². The summed E-state index contributed by atoms with van der Waals surface area (Å²) >= 11 is 1.60. The predicted molar refractivity (Wildman–Crippen MR) is 67.6 cm³/mol. The Bertz CT molecular complexity index is 657. The minimum absolute atomic E-state index is 0.0312. The smallest absolute Gasteiger partial charge is 0.453 e. The lowest BCUT2D eigenvalue weighted by Gasteiger charge is -2.42. The van der Waals surface area contributed by atoms with E-state index in [4.69, 9.17) is 9.15 Å². The molecular weight excluding hydrogens is 286 g/mol. The van der Waals surface area contributed by atoms with Crippen molar-refractivity contribution in [1.82, 2.24) is 4.90 Å². The van der Waals surface area contributed by atoms with Gasteiger partial charge in [-0.2, -0.15) is 0 Å². The monoisotopic (exact) mass is 297 g/mol. The Labute approximate surface area is 117 Å². The number of fused-ring (bicyclic) bond motifs is 1. The van der Waals surface area contributed by atoms with Crippen molar-refractivity contribution in [1.29, 1.82) is 0 Å². The fourth-order valence-corrected chi connectivity index (χ4v) is 3.16. The van der Waals surface area contributed by atoms with E-state index in [0.29, 0.717) is 12.2 Å². The van der Waals surface area contributed by atoms with Crippen molar-refractivity contribution in [2.24, 2.45) is 0 Å². The van der Waals surface area contributed by atoms with Gasteiger partial charge in [0.05, 0.1) is 11.8 Å². The van der Waals surface area contributed by atoms with Crippen LogP contribution in [0.4, 0.5) is 0 Å². The largest absolute Gasteiger partial charge is 0.519 e. The molecule has 7 nitrogen and oxygen atoms in total. The van der Waals surface area contributed by atoms with Gasteiger partial charge in [0.1, 0.15) is 5.70 Å². The number of hydrogen-bond donors (Lipinski definition) is 0. The SMILES string of the molecule is Cc1oc(=O)oc1COC(=O)C1=CCSC2CC(=O)N12. The average molecular weight is 297 g/mol. The second-order valence-electron chi connectivity index (χ2n) is 4.35. The zero-order valence-corrected chi connectivity index (χ0v) is 11.4. The molecule has 8 heteroatoms. The molecule has 3 heterocycles. The molecule has 1 saturated heterocycles. The van der Waals surface area contributed by atoms with E-state index in [0.717, 1.165) is 0 Å². The minimum Gasteiger partial charge on any atom is -0.453 e. The maximum Gasteiger partial charge on any atom is 0.519 e. The zero-order valence-electron chi connectivity index (χ0n) is 10.6. The van der Waals surface area contributed by atoms with Crippen LogP contribution in [0.15, 0.2) is 25.4 Å². The second-order valence-corrected chi connectivity index (χ2v) is 5.57. The molecule has 0 bridgehead atoms. The molecule has 3 rings (SSSR count). The molecule has 2 aliphatic rings. The van der Waals surface area contributed by atoms with Crippen molar-refractivity contribution in [3.8, 4) is 0 Å². The Morgan fingerprint density at radius 1 is 1.50 bits per heavy atom. The summed E-state index contributed by atoms with van der Waals surface area (Å²) in [5, 5.41) is 0.0312. The lowest BCUT2D eigenvalue weighted by atomic mass is 10.1. The summed E-state index contributed by atoms with van der Waals surface area (Å²) in [5.74, 6) is -0.420. The maximum atomic E-state index is 12.0. The highest BCUT2D eigenvalue weighted by molar-refractivity contribution is 8.00. The highest BCUT2D eigenvalue weighted by atomic mass is 32.2.